The van der Waals surface area contributed by atoms with Crippen molar-refractivity contribution < 1.29 is 19.1 Å². The van der Waals surface area contributed by atoms with Gasteiger partial charge >= 0.3 is 12.1 Å². The Hall–Kier alpha value is -6.05. The summed E-state index contributed by atoms with van der Waals surface area (Å²) in [6.07, 6.45) is 12.0. The first-order valence-corrected chi connectivity index (χ1v) is 26.9. The summed E-state index contributed by atoms with van der Waals surface area (Å²) in [7, 11) is 0. The second-order valence-corrected chi connectivity index (χ2v) is 21.0. The minimum atomic E-state index is -0.493. The zero-order valence-corrected chi connectivity index (χ0v) is 42.0. The van der Waals surface area contributed by atoms with Gasteiger partial charge in [-0.15, -0.1) is 22.7 Å². The minimum Gasteiger partial charge on any atom is -0.493 e. The third-order valence-corrected chi connectivity index (χ3v) is 16.4. The first-order chi connectivity index (χ1) is 34.3. The monoisotopic (exact) mass is 981 g/mol. The number of primary amides is 2. The van der Waals surface area contributed by atoms with Crippen LogP contribution in [0.3, 0.4) is 0 Å². The van der Waals surface area contributed by atoms with Crippen LogP contribution in [0.5, 0.6) is 11.5 Å². The summed E-state index contributed by atoms with van der Waals surface area (Å²) in [5.74, 6) is 2.13. The number of hydrogen-bond acceptors (Lipinski definition) is 11. The highest BCUT2D eigenvalue weighted by molar-refractivity contribution is 7.23. The molecule has 2 aromatic heterocycles. The molecule has 5 N–H and O–H groups in total. The van der Waals surface area contributed by atoms with Crippen molar-refractivity contribution in [1.82, 2.24) is 9.80 Å². The normalized spacial score (nSPS) is 16.4. The molecule has 2 saturated heterocycles. The number of unbranched alkanes of at least 4 members (excludes halogenated alkanes) is 2. The lowest BCUT2D eigenvalue weighted by Gasteiger charge is -2.36. The van der Waals surface area contributed by atoms with Gasteiger partial charge in [-0.2, -0.15) is 5.26 Å². The maximum Gasteiger partial charge on any atom is 0.319 e. The van der Waals surface area contributed by atoms with Crippen LogP contribution in [-0.4, -0.2) is 107 Å². The van der Waals surface area contributed by atoms with E-state index in [2.05, 4.69) is 85.6 Å². The lowest BCUT2D eigenvalue weighted by Crippen LogP contribution is -2.46. The molecule has 6 aromatic rings. The maximum atomic E-state index is 12.2. The number of carbonyl (C=O) groups excluding carboxylic acids is 2. The molecule has 2 fully saturated rings. The molecule has 4 amide bonds. The molecule has 6 heterocycles. The molecule has 4 aliphatic heterocycles. The van der Waals surface area contributed by atoms with Crippen molar-refractivity contribution in [2.45, 2.75) is 70.6 Å². The van der Waals surface area contributed by atoms with E-state index >= 15 is 0 Å². The molecular formula is C55H67N9O4S2. The van der Waals surface area contributed by atoms with Crippen LogP contribution < -0.4 is 41.0 Å². The Balaban J connectivity index is 0.000000174. The standard InChI is InChI=1S/C28H33N5O2S.C27H34N4O2S/c29-20-21-6-9-26-23(17-21)19-27(36-26)33(28(30)34)11-3-2-10-31-12-14-32(15-13-31)24-7-8-25-22(18-24)5-1-4-16-35-25;28-27(32)29-26-23(22-8-1-2-10-25(22)34-26)9-3-5-13-30-14-16-31(17-15-30)21-11-12-24-20(19-21)7-4-6-18-33-24/h6-9,17-19H,1-5,10-16H2,(H2,30,34);1-2,8,10-12,19H,3-7,9,13-18H2,(H3,28,29,32). The van der Waals surface area contributed by atoms with E-state index < -0.39 is 12.1 Å². The van der Waals surface area contributed by atoms with E-state index in [1.165, 1.54) is 62.3 Å². The van der Waals surface area contributed by atoms with Crippen molar-refractivity contribution in [3.63, 3.8) is 0 Å². The van der Waals surface area contributed by atoms with Crippen molar-refractivity contribution in [2.24, 2.45) is 11.5 Å². The molecule has 0 radical (unpaired) electrons. The molecule has 0 bridgehead atoms. The summed E-state index contributed by atoms with van der Waals surface area (Å²) in [4.78, 5) is 35.4. The smallest absolute Gasteiger partial charge is 0.319 e. The Morgan fingerprint density at radius 3 is 1.89 bits per heavy atom. The molecule has 15 heteroatoms. The number of nitrogens with one attached hydrogen (secondary N) is 1. The van der Waals surface area contributed by atoms with Gasteiger partial charge in [0.25, 0.3) is 0 Å². The van der Waals surface area contributed by atoms with Gasteiger partial charge < -0.3 is 30.7 Å². The molecule has 0 spiro atoms. The lowest BCUT2D eigenvalue weighted by molar-refractivity contribution is 0.249. The van der Waals surface area contributed by atoms with E-state index in [4.69, 9.17) is 26.2 Å². The van der Waals surface area contributed by atoms with E-state index in [9.17, 15) is 9.59 Å². The van der Waals surface area contributed by atoms with Crippen LogP contribution in [0.25, 0.3) is 20.2 Å². The maximum absolute atomic E-state index is 12.2. The summed E-state index contributed by atoms with van der Waals surface area (Å²) < 4.78 is 14.0. The van der Waals surface area contributed by atoms with Gasteiger partial charge in [-0.05, 0) is 178 Å². The van der Waals surface area contributed by atoms with Crippen molar-refractivity contribution >= 4 is 76.3 Å². The summed E-state index contributed by atoms with van der Waals surface area (Å²) in [5, 5.41) is 15.9. The largest absolute Gasteiger partial charge is 0.493 e. The summed E-state index contributed by atoms with van der Waals surface area (Å²) in [5.41, 5.74) is 18.3. The number of thiophene rings is 2. The number of nitrogens with zero attached hydrogens (tertiary/aromatic N) is 6. The molecule has 0 atom stereocenters. The van der Waals surface area contributed by atoms with Gasteiger partial charge in [0.2, 0.25) is 0 Å². The Morgan fingerprint density at radius 2 is 1.29 bits per heavy atom. The van der Waals surface area contributed by atoms with Gasteiger partial charge in [0.05, 0.1) is 24.8 Å². The molecule has 70 heavy (non-hydrogen) atoms. The number of fused-ring (bicyclic) bond motifs is 4. The number of rotatable bonds is 14. The quantitative estimate of drug-likeness (QED) is 0.0904. The third-order valence-electron chi connectivity index (χ3n) is 14.1. The number of ether oxygens (including phenoxy) is 2. The van der Waals surface area contributed by atoms with Crippen LogP contribution in [0.1, 0.15) is 73.6 Å². The number of amides is 4. The molecule has 0 saturated carbocycles. The highest BCUT2D eigenvalue weighted by atomic mass is 32.1. The van der Waals surface area contributed by atoms with E-state index in [0.29, 0.717) is 12.1 Å². The lowest BCUT2D eigenvalue weighted by atomic mass is 10.1. The summed E-state index contributed by atoms with van der Waals surface area (Å²) in [6.45, 7) is 12.9. The van der Waals surface area contributed by atoms with Gasteiger partial charge in [0.1, 0.15) is 21.5 Å². The van der Waals surface area contributed by atoms with Gasteiger partial charge in [-0.25, -0.2) is 9.59 Å². The predicted molar refractivity (Wildman–Crippen MR) is 288 cm³/mol. The number of nitriles is 1. The van der Waals surface area contributed by atoms with Gasteiger partial charge in [-0.1, -0.05) is 18.2 Å². The van der Waals surface area contributed by atoms with Crippen LogP contribution in [0.2, 0.25) is 0 Å². The molecule has 4 aromatic carbocycles. The minimum absolute atomic E-state index is 0.429. The van der Waals surface area contributed by atoms with Gasteiger partial charge in [0.15, 0.2) is 0 Å². The van der Waals surface area contributed by atoms with Crippen LogP contribution in [-0.2, 0) is 19.3 Å². The number of nitrogens with two attached hydrogens (primary N) is 2. The van der Waals surface area contributed by atoms with E-state index in [0.717, 1.165) is 168 Å². The average Bonchev–Trinajstić information content (AvgIpc) is 3.73. The van der Waals surface area contributed by atoms with Gasteiger partial charge in [-0.3, -0.25) is 20.0 Å². The Kier molecular flexibility index (Phi) is 16.6. The summed E-state index contributed by atoms with van der Waals surface area (Å²) in [6, 6.07) is 30.5. The van der Waals surface area contributed by atoms with Crippen LogP contribution in [0.15, 0.2) is 84.9 Å². The third kappa shape index (κ3) is 12.5. The van der Waals surface area contributed by atoms with Crippen LogP contribution in [0, 0.1) is 11.3 Å². The van der Waals surface area contributed by atoms with E-state index in [1.807, 2.05) is 24.3 Å². The highest BCUT2D eigenvalue weighted by Gasteiger charge is 2.22. The molecule has 0 aliphatic carbocycles. The zero-order chi connectivity index (χ0) is 48.2. The van der Waals surface area contributed by atoms with Crippen molar-refractivity contribution in [3.05, 3.63) is 107 Å². The number of benzene rings is 4. The molecular weight excluding hydrogens is 915 g/mol. The Morgan fingerprint density at radius 1 is 0.671 bits per heavy atom. The number of urea groups is 2. The SMILES string of the molecule is N#Cc1ccc2sc(N(CCCCN3CCN(c4ccc5c(c4)CCCCO5)CC3)C(N)=O)cc2c1.NC(=O)Nc1sc2ccccc2c1CCCCN1CCN(c2ccc3c(c2)CCCCO3)CC1. The van der Waals surface area contributed by atoms with Crippen molar-refractivity contribution in [3.8, 4) is 17.6 Å². The first kappa shape index (κ1) is 49.0. The second-order valence-electron chi connectivity index (χ2n) is 18.9. The molecule has 368 valence electrons. The fourth-order valence-electron chi connectivity index (χ4n) is 10.2. The Bertz CT molecular complexity index is 2770. The highest BCUT2D eigenvalue weighted by Crippen LogP contribution is 2.37. The number of piperazine rings is 2. The molecule has 0 unspecified atom stereocenters. The first-order valence-electron chi connectivity index (χ1n) is 25.3. The fourth-order valence-corrected chi connectivity index (χ4v) is 12.4. The molecule has 10 rings (SSSR count). The fraction of sp³-hybridized carbons (Fsp3) is 0.436. The van der Waals surface area contributed by atoms with E-state index in [-0.39, 0.29) is 0 Å². The number of anilines is 4. The van der Waals surface area contributed by atoms with Crippen molar-refractivity contribution in [2.75, 3.05) is 105 Å². The zero-order valence-electron chi connectivity index (χ0n) is 40.3. The summed E-state index contributed by atoms with van der Waals surface area (Å²) >= 11 is 3.15. The van der Waals surface area contributed by atoms with E-state index in [1.54, 1.807) is 22.3 Å². The predicted octanol–water partition coefficient (Wildman–Crippen LogP) is 10.2. The Labute approximate surface area is 420 Å². The topological polar surface area (TPSA) is 157 Å². The molecule has 4 aliphatic rings. The second kappa shape index (κ2) is 23.7. The van der Waals surface area contributed by atoms with Crippen molar-refractivity contribution in [1.29, 1.82) is 5.26 Å². The van der Waals surface area contributed by atoms with Crippen LogP contribution >= 0.6 is 22.7 Å². The number of hydrogen-bond donors (Lipinski definition) is 3. The number of aryl methyl sites for hydroxylation is 3. The van der Waals surface area contributed by atoms with Gasteiger partial charge in [0, 0.05) is 79.7 Å². The molecule has 13 nitrogen and oxygen atoms in total. The average molecular weight is 982 g/mol. The number of carbonyl (C=O) groups is 2. The van der Waals surface area contributed by atoms with Crippen LogP contribution in [0.4, 0.5) is 31.0 Å².